The van der Waals surface area contributed by atoms with Gasteiger partial charge in [0.1, 0.15) is 12.5 Å². The number of halogens is 2. The zero-order chi connectivity index (χ0) is 20.6. The van der Waals surface area contributed by atoms with E-state index < -0.39 is 18.6 Å². The maximum Gasteiger partial charge on any atom is 1.00 e. The third-order valence-electron chi connectivity index (χ3n) is 4.70. The van der Waals surface area contributed by atoms with Crippen LogP contribution in [0, 0.1) is 31.5 Å². The molecule has 0 aliphatic heterocycles. The number of hydrogen-bond acceptors (Lipinski definition) is 1. The van der Waals surface area contributed by atoms with Crippen LogP contribution in [0.3, 0.4) is 0 Å². The molecule has 1 atom stereocenters. The van der Waals surface area contributed by atoms with Crippen molar-refractivity contribution in [2.24, 2.45) is 5.41 Å². The Morgan fingerprint density at radius 3 is 2.38 bits per heavy atom. The average molecular weight is 391 g/mol. The SMILES string of the molecule is [CH2-]C(=O)N[C@H](C)CF.[CH2-]C1(C[CH-]Cc2cccc(-c3ccccc3)c2F)CC1.[Li+]. The van der Waals surface area contributed by atoms with Gasteiger partial charge in [0, 0.05) is 5.56 Å². The van der Waals surface area contributed by atoms with Gasteiger partial charge in [0.15, 0.2) is 0 Å². The first-order valence-corrected chi connectivity index (χ1v) is 9.53. The second kappa shape index (κ2) is 12.1. The van der Waals surface area contributed by atoms with Crippen molar-refractivity contribution in [2.75, 3.05) is 6.67 Å². The molecule has 1 saturated carbocycles. The van der Waals surface area contributed by atoms with Crippen LogP contribution in [0.15, 0.2) is 48.5 Å². The van der Waals surface area contributed by atoms with Gasteiger partial charge < -0.3 is 30.4 Å². The van der Waals surface area contributed by atoms with Crippen molar-refractivity contribution < 1.29 is 32.4 Å². The zero-order valence-electron chi connectivity index (χ0n) is 17.4. The standard InChI is InChI=1S/C19H19F.C5H9FNO.Li/c1-19(13-14-19)12-6-10-16-9-5-11-17(18(16)20)15-7-3-2-4-8-15;1-4(3-6)7-5(2)8;/h2-9,11H,1,10,12-14H2;4H,2-3H2,1H3,(H,7,8);/q-2;-1;+1/t;4-;/m.1./s1. The van der Waals surface area contributed by atoms with Crippen molar-refractivity contribution in [3.8, 4) is 11.1 Å². The molecule has 2 aromatic carbocycles. The van der Waals surface area contributed by atoms with E-state index in [9.17, 15) is 13.6 Å². The summed E-state index contributed by atoms with van der Waals surface area (Å²) < 4.78 is 26.1. The van der Waals surface area contributed by atoms with Crippen molar-refractivity contribution in [1.82, 2.24) is 5.32 Å². The van der Waals surface area contributed by atoms with E-state index in [4.69, 9.17) is 0 Å². The Labute approximate surface area is 185 Å². The molecule has 1 amide bonds. The number of amides is 1. The molecule has 3 rings (SSSR count). The van der Waals surface area contributed by atoms with E-state index in [1.54, 1.807) is 6.92 Å². The molecule has 29 heavy (non-hydrogen) atoms. The van der Waals surface area contributed by atoms with Crippen LogP contribution in [0.2, 0.25) is 0 Å². The van der Waals surface area contributed by atoms with Crippen LogP contribution in [0.1, 0.15) is 31.7 Å². The first-order chi connectivity index (χ1) is 13.3. The molecule has 1 N–H and O–H groups in total. The van der Waals surface area contributed by atoms with Gasteiger partial charge in [-0.2, -0.15) is 11.8 Å². The molecule has 0 bridgehead atoms. The molecule has 0 spiro atoms. The van der Waals surface area contributed by atoms with Crippen LogP contribution in [-0.2, 0) is 11.2 Å². The van der Waals surface area contributed by atoms with E-state index in [0.29, 0.717) is 12.0 Å². The minimum absolute atomic E-state index is 0. The predicted octanol–water partition coefficient (Wildman–Crippen LogP) is 2.54. The van der Waals surface area contributed by atoms with E-state index in [-0.39, 0.29) is 30.1 Å². The third-order valence-corrected chi connectivity index (χ3v) is 4.70. The van der Waals surface area contributed by atoms with Gasteiger partial charge in [0.25, 0.3) is 0 Å². The summed E-state index contributed by atoms with van der Waals surface area (Å²) in [7, 11) is 0. The number of carbonyl (C=O) groups excluding carboxylic acids is 1. The van der Waals surface area contributed by atoms with Gasteiger partial charge in [-0.1, -0.05) is 61.4 Å². The molecular weight excluding hydrogens is 363 g/mol. The summed E-state index contributed by atoms with van der Waals surface area (Å²) in [5.74, 6) is -0.529. The summed E-state index contributed by atoms with van der Waals surface area (Å²) in [6.07, 6.45) is 6.26. The fraction of sp³-hybridized carbons (Fsp3) is 0.333. The molecule has 2 aromatic rings. The first kappa shape index (κ1) is 25.3. The van der Waals surface area contributed by atoms with Crippen molar-refractivity contribution in [1.29, 1.82) is 0 Å². The summed E-state index contributed by atoms with van der Waals surface area (Å²) in [5, 5.41) is 2.27. The average Bonchev–Trinajstić information content (AvgIpc) is 3.41. The molecule has 1 fully saturated rings. The number of hydrogen-bond donors (Lipinski definition) is 1. The van der Waals surface area contributed by atoms with E-state index in [1.807, 2.05) is 48.5 Å². The molecule has 1 aliphatic carbocycles. The van der Waals surface area contributed by atoms with Crippen molar-refractivity contribution >= 4 is 5.91 Å². The molecule has 5 heteroatoms. The van der Waals surface area contributed by atoms with Crippen LogP contribution in [0.25, 0.3) is 11.1 Å². The molecule has 0 saturated heterocycles. The predicted molar refractivity (Wildman–Crippen MR) is 110 cm³/mol. The van der Waals surface area contributed by atoms with Gasteiger partial charge in [-0.25, -0.2) is 15.2 Å². The van der Waals surface area contributed by atoms with Crippen LogP contribution < -0.4 is 24.2 Å². The summed E-state index contributed by atoms with van der Waals surface area (Å²) in [5.41, 5.74) is 2.65. The Hall–Kier alpha value is -1.76. The second-order valence-electron chi connectivity index (χ2n) is 7.46. The zero-order valence-corrected chi connectivity index (χ0v) is 17.4. The minimum Gasteiger partial charge on any atom is -0.376 e. The number of benzene rings is 2. The number of alkyl halides is 1. The largest absolute Gasteiger partial charge is 1.00 e. The molecule has 0 heterocycles. The Balaban J connectivity index is 0.000000403. The van der Waals surface area contributed by atoms with Gasteiger partial charge in [-0.05, 0) is 18.1 Å². The van der Waals surface area contributed by atoms with Crippen molar-refractivity contribution in [3.05, 3.63) is 80.2 Å². The van der Waals surface area contributed by atoms with Crippen LogP contribution in [-0.4, -0.2) is 18.6 Å². The van der Waals surface area contributed by atoms with E-state index >= 15 is 0 Å². The Bertz CT molecular complexity index is 763. The first-order valence-electron chi connectivity index (χ1n) is 9.53. The summed E-state index contributed by atoms with van der Waals surface area (Å²) in [4.78, 5) is 10.0. The molecule has 2 nitrogen and oxygen atoms in total. The van der Waals surface area contributed by atoms with Gasteiger partial charge in [-0.3, -0.25) is 0 Å². The van der Waals surface area contributed by atoms with Gasteiger partial charge >= 0.3 is 18.9 Å². The number of nitrogens with one attached hydrogen (secondary N) is 1. The van der Waals surface area contributed by atoms with Crippen molar-refractivity contribution in [2.45, 2.75) is 38.6 Å². The summed E-state index contributed by atoms with van der Waals surface area (Å²) >= 11 is 0. The third kappa shape index (κ3) is 8.64. The fourth-order valence-electron chi connectivity index (χ4n) is 2.81. The maximum absolute atomic E-state index is 14.6. The Morgan fingerprint density at radius 1 is 1.21 bits per heavy atom. The molecule has 152 valence electrons. The van der Waals surface area contributed by atoms with Gasteiger partial charge in [0.2, 0.25) is 0 Å². The fourth-order valence-corrected chi connectivity index (χ4v) is 2.81. The maximum atomic E-state index is 14.6. The monoisotopic (exact) mass is 391 g/mol. The van der Waals surface area contributed by atoms with Crippen LogP contribution in [0.4, 0.5) is 8.78 Å². The Kier molecular flexibility index (Phi) is 10.5. The minimum atomic E-state index is -0.540. The molecular formula is C24H28F2LiNO-2. The molecule has 1 aliphatic rings. The Morgan fingerprint density at radius 2 is 1.86 bits per heavy atom. The normalized spacial score (nSPS) is 14.6. The van der Waals surface area contributed by atoms with E-state index in [1.165, 1.54) is 12.8 Å². The van der Waals surface area contributed by atoms with Gasteiger partial charge in [-0.15, -0.1) is 0 Å². The van der Waals surface area contributed by atoms with Crippen molar-refractivity contribution in [3.63, 3.8) is 0 Å². The smallest absolute Gasteiger partial charge is 0.376 e. The topological polar surface area (TPSA) is 29.1 Å². The van der Waals surface area contributed by atoms with E-state index in [0.717, 1.165) is 17.5 Å². The summed E-state index contributed by atoms with van der Waals surface area (Å²) in [6, 6.07) is 15.0. The quantitative estimate of drug-likeness (QED) is 0.571. The number of carbonyl (C=O) groups is 1. The second-order valence-corrected chi connectivity index (χ2v) is 7.46. The van der Waals surface area contributed by atoms with Gasteiger partial charge in [0.05, 0.1) is 11.9 Å². The van der Waals surface area contributed by atoms with Crippen LogP contribution in [0.5, 0.6) is 0 Å². The molecule has 0 radical (unpaired) electrons. The van der Waals surface area contributed by atoms with E-state index in [2.05, 4.69) is 25.6 Å². The molecule has 0 unspecified atom stereocenters. The molecule has 0 aromatic heterocycles. The van der Waals surface area contributed by atoms with Crippen LogP contribution >= 0.6 is 0 Å². The summed E-state index contributed by atoms with van der Waals surface area (Å²) in [6.45, 7) is 8.22. The number of rotatable bonds is 7.